The number of aromatic nitrogens is 1. The summed E-state index contributed by atoms with van der Waals surface area (Å²) in [7, 11) is 0. The first kappa shape index (κ1) is 7.55. The van der Waals surface area contributed by atoms with Crippen molar-refractivity contribution in [3.05, 3.63) is 29.0 Å². The Hall–Kier alpha value is -0.560. The molecule has 10 heavy (non-hydrogen) atoms. The van der Waals surface area contributed by atoms with Gasteiger partial charge in [0.15, 0.2) is 0 Å². The van der Waals surface area contributed by atoms with Gasteiger partial charge in [-0.1, -0.05) is 24.9 Å². The average molecular weight is 156 g/mol. The summed E-state index contributed by atoms with van der Waals surface area (Å²) in [6.45, 7) is 2.12. The Morgan fingerprint density at radius 3 is 3.00 bits per heavy atom. The molecule has 0 aromatic carbocycles. The van der Waals surface area contributed by atoms with Gasteiger partial charge in [-0.2, -0.15) is 0 Å². The molecule has 1 aromatic heterocycles. The lowest BCUT2D eigenvalue weighted by molar-refractivity contribution is 0.883. The summed E-state index contributed by atoms with van der Waals surface area (Å²) >= 11 is 5.84. The van der Waals surface area contributed by atoms with E-state index in [2.05, 4.69) is 11.9 Å². The molecule has 1 heterocycles. The first-order valence-corrected chi connectivity index (χ1v) is 3.81. The van der Waals surface area contributed by atoms with E-state index in [4.69, 9.17) is 11.6 Å². The van der Waals surface area contributed by atoms with Crippen LogP contribution in [0.4, 0.5) is 0 Å². The van der Waals surface area contributed by atoms with Gasteiger partial charge in [0.2, 0.25) is 0 Å². The first-order valence-electron chi connectivity index (χ1n) is 3.44. The van der Waals surface area contributed by atoms with Crippen molar-refractivity contribution in [1.29, 1.82) is 0 Å². The van der Waals surface area contributed by atoms with Crippen molar-refractivity contribution in [2.45, 2.75) is 19.8 Å². The van der Waals surface area contributed by atoms with Gasteiger partial charge in [-0.25, -0.2) is 0 Å². The Labute approximate surface area is 66.0 Å². The fraction of sp³-hybridized carbons (Fsp3) is 0.375. The van der Waals surface area contributed by atoms with Gasteiger partial charge in [0.05, 0.1) is 10.7 Å². The van der Waals surface area contributed by atoms with Crippen LogP contribution in [0, 0.1) is 0 Å². The van der Waals surface area contributed by atoms with Gasteiger partial charge in [-0.15, -0.1) is 0 Å². The van der Waals surface area contributed by atoms with Crippen LogP contribution in [0.5, 0.6) is 0 Å². The van der Waals surface area contributed by atoms with Crippen molar-refractivity contribution < 1.29 is 0 Å². The SMILES string of the molecule is CCCc1ncccc1Cl. The van der Waals surface area contributed by atoms with E-state index >= 15 is 0 Å². The third-order valence-electron chi connectivity index (χ3n) is 1.32. The van der Waals surface area contributed by atoms with Crippen molar-refractivity contribution >= 4 is 11.6 Å². The summed E-state index contributed by atoms with van der Waals surface area (Å²) in [6, 6.07) is 3.72. The molecule has 0 saturated heterocycles. The van der Waals surface area contributed by atoms with E-state index in [1.165, 1.54) is 0 Å². The average Bonchev–Trinajstić information content (AvgIpc) is 1.94. The molecule has 0 radical (unpaired) electrons. The molecule has 0 fully saturated rings. The predicted octanol–water partition coefficient (Wildman–Crippen LogP) is 2.69. The van der Waals surface area contributed by atoms with Crippen molar-refractivity contribution in [2.75, 3.05) is 0 Å². The predicted molar refractivity (Wildman–Crippen MR) is 43.2 cm³/mol. The van der Waals surface area contributed by atoms with Crippen LogP contribution in [0.1, 0.15) is 19.0 Å². The van der Waals surface area contributed by atoms with Crippen LogP contribution >= 0.6 is 11.6 Å². The molecule has 0 amide bonds. The van der Waals surface area contributed by atoms with Crippen molar-refractivity contribution in [3.8, 4) is 0 Å². The van der Waals surface area contributed by atoms with E-state index in [0.717, 1.165) is 23.6 Å². The molecule has 0 spiro atoms. The lowest BCUT2D eigenvalue weighted by Gasteiger charge is -1.97. The largest absolute Gasteiger partial charge is 0.260 e. The summed E-state index contributed by atoms with van der Waals surface area (Å²) in [5, 5.41) is 0.782. The van der Waals surface area contributed by atoms with Crippen LogP contribution < -0.4 is 0 Å². The van der Waals surface area contributed by atoms with Crippen molar-refractivity contribution in [2.24, 2.45) is 0 Å². The zero-order valence-corrected chi connectivity index (χ0v) is 6.73. The zero-order chi connectivity index (χ0) is 7.40. The van der Waals surface area contributed by atoms with Crippen LogP contribution in [0.3, 0.4) is 0 Å². The number of rotatable bonds is 2. The minimum atomic E-state index is 0.782. The summed E-state index contributed by atoms with van der Waals surface area (Å²) in [6.07, 6.45) is 3.84. The Morgan fingerprint density at radius 2 is 2.40 bits per heavy atom. The zero-order valence-electron chi connectivity index (χ0n) is 5.97. The molecule has 0 unspecified atom stereocenters. The normalized spacial score (nSPS) is 9.80. The van der Waals surface area contributed by atoms with Crippen LogP contribution in [0.15, 0.2) is 18.3 Å². The highest BCUT2D eigenvalue weighted by Gasteiger charge is 1.96. The maximum Gasteiger partial charge on any atom is 0.0621 e. The standard InChI is InChI=1S/C8H10ClN/c1-2-4-8-7(9)5-3-6-10-8/h3,5-6H,2,4H2,1H3. The highest BCUT2D eigenvalue weighted by molar-refractivity contribution is 6.31. The summed E-state index contributed by atoms with van der Waals surface area (Å²) in [4.78, 5) is 4.14. The number of aryl methyl sites for hydroxylation is 1. The van der Waals surface area contributed by atoms with Gasteiger partial charge < -0.3 is 0 Å². The van der Waals surface area contributed by atoms with E-state index in [9.17, 15) is 0 Å². The molecule has 0 bridgehead atoms. The van der Waals surface area contributed by atoms with E-state index in [-0.39, 0.29) is 0 Å². The Kier molecular flexibility index (Phi) is 2.69. The quantitative estimate of drug-likeness (QED) is 0.640. The van der Waals surface area contributed by atoms with Gasteiger partial charge in [-0.3, -0.25) is 4.98 Å². The van der Waals surface area contributed by atoms with Crippen LogP contribution in [-0.4, -0.2) is 4.98 Å². The van der Waals surface area contributed by atoms with E-state index < -0.39 is 0 Å². The lowest BCUT2D eigenvalue weighted by atomic mass is 10.2. The molecular formula is C8H10ClN. The maximum atomic E-state index is 5.84. The van der Waals surface area contributed by atoms with E-state index in [0.29, 0.717) is 0 Å². The molecule has 0 atom stereocenters. The third-order valence-corrected chi connectivity index (χ3v) is 1.67. The van der Waals surface area contributed by atoms with Crippen molar-refractivity contribution in [3.63, 3.8) is 0 Å². The Bertz CT molecular complexity index is 210. The number of pyridine rings is 1. The highest BCUT2D eigenvalue weighted by atomic mass is 35.5. The lowest BCUT2D eigenvalue weighted by Crippen LogP contribution is -1.88. The molecule has 1 rings (SSSR count). The van der Waals surface area contributed by atoms with E-state index in [1.807, 2.05) is 12.1 Å². The van der Waals surface area contributed by atoms with Gasteiger partial charge in [0, 0.05) is 6.20 Å². The smallest absolute Gasteiger partial charge is 0.0621 e. The van der Waals surface area contributed by atoms with Crippen LogP contribution in [0.2, 0.25) is 5.02 Å². The number of halogens is 1. The second kappa shape index (κ2) is 3.57. The van der Waals surface area contributed by atoms with E-state index in [1.54, 1.807) is 6.20 Å². The minimum absolute atomic E-state index is 0.782. The Morgan fingerprint density at radius 1 is 1.60 bits per heavy atom. The number of nitrogens with zero attached hydrogens (tertiary/aromatic N) is 1. The maximum absolute atomic E-state index is 5.84. The van der Waals surface area contributed by atoms with Gasteiger partial charge >= 0.3 is 0 Å². The molecule has 0 aliphatic rings. The molecule has 2 heteroatoms. The van der Waals surface area contributed by atoms with Crippen molar-refractivity contribution in [1.82, 2.24) is 4.98 Å². The summed E-state index contributed by atoms with van der Waals surface area (Å²) < 4.78 is 0. The third kappa shape index (κ3) is 1.71. The second-order valence-electron chi connectivity index (χ2n) is 2.18. The second-order valence-corrected chi connectivity index (χ2v) is 2.59. The number of hydrogen-bond donors (Lipinski definition) is 0. The molecule has 0 saturated carbocycles. The minimum Gasteiger partial charge on any atom is -0.260 e. The van der Waals surface area contributed by atoms with Crippen LogP contribution in [-0.2, 0) is 6.42 Å². The molecule has 0 aliphatic heterocycles. The molecule has 54 valence electrons. The molecular weight excluding hydrogens is 146 g/mol. The van der Waals surface area contributed by atoms with Gasteiger partial charge in [0.25, 0.3) is 0 Å². The monoisotopic (exact) mass is 155 g/mol. The van der Waals surface area contributed by atoms with Gasteiger partial charge in [0.1, 0.15) is 0 Å². The molecule has 0 N–H and O–H groups in total. The topological polar surface area (TPSA) is 12.9 Å². The molecule has 1 aromatic rings. The molecule has 0 aliphatic carbocycles. The molecule has 1 nitrogen and oxygen atoms in total. The summed E-state index contributed by atoms with van der Waals surface area (Å²) in [5.74, 6) is 0. The summed E-state index contributed by atoms with van der Waals surface area (Å²) in [5.41, 5.74) is 1.01. The fourth-order valence-corrected chi connectivity index (χ4v) is 1.06. The number of hydrogen-bond acceptors (Lipinski definition) is 1. The Balaban J connectivity index is 2.81. The van der Waals surface area contributed by atoms with Gasteiger partial charge in [-0.05, 0) is 18.6 Å². The highest BCUT2D eigenvalue weighted by Crippen LogP contribution is 2.12. The fourth-order valence-electron chi connectivity index (χ4n) is 0.839. The van der Waals surface area contributed by atoms with Crippen LogP contribution in [0.25, 0.3) is 0 Å². The first-order chi connectivity index (χ1) is 4.84.